The molecule has 0 saturated heterocycles. The maximum Gasteiger partial charge on any atom is 0.150 e. The minimum Gasteiger partial charge on any atom is -0.298 e. The number of carbonyl (C=O) groups is 1. The number of aldehydes is 1. The maximum atomic E-state index is 13.4. The smallest absolute Gasteiger partial charge is 0.150 e. The Morgan fingerprint density at radius 3 is 2.27 bits per heavy atom. The normalized spacial score (nSPS) is 10.8. The van der Waals surface area contributed by atoms with Gasteiger partial charge in [0.15, 0.2) is 0 Å². The quantitative estimate of drug-likeness (QED) is 0.426. The standard InChI is InChI=1S/C23H20FNO/c1-15(2)23-22(16(3)14-26)20(17-9-11-19(24)12-10-17)13-21(25-23)18-7-5-4-6-8-18/h4-15H,3H2,1-2H3. The molecule has 3 aromatic rings. The summed E-state index contributed by atoms with van der Waals surface area (Å²) in [7, 11) is 0. The van der Waals surface area contributed by atoms with Gasteiger partial charge in [0, 0.05) is 16.7 Å². The van der Waals surface area contributed by atoms with Gasteiger partial charge in [-0.25, -0.2) is 4.39 Å². The molecule has 3 heteroatoms. The van der Waals surface area contributed by atoms with E-state index in [9.17, 15) is 9.18 Å². The zero-order chi connectivity index (χ0) is 18.7. The Balaban J connectivity index is 2.34. The number of hydrogen-bond acceptors (Lipinski definition) is 2. The summed E-state index contributed by atoms with van der Waals surface area (Å²) in [5.74, 6) is -0.199. The predicted molar refractivity (Wildman–Crippen MR) is 104 cm³/mol. The summed E-state index contributed by atoms with van der Waals surface area (Å²) < 4.78 is 13.4. The van der Waals surface area contributed by atoms with Crippen molar-refractivity contribution < 1.29 is 9.18 Å². The van der Waals surface area contributed by atoms with Crippen molar-refractivity contribution in [3.05, 3.63) is 84.3 Å². The number of benzene rings is 2. The molecule has 1 aromatic heterocycles. The van der Waals surface area contributed by atoms with Crippen molar-refractivity contribution in [1.29, 1.82) is 0 Å². The lowest BCUT2D eigenvalue weighted by atomic mass is 9.89. The number of rotatable bonds is 5. The van der Waals surface area contributed by atoms with Gasteiger partial charge in [-0.3, -0.25) is 9.78 Å². The topological polar surface area (TPSA) is 30.0 Å². The van der Waals surface area contributed by atoms with Crippen molar-refractivity contribution in [3.8, 4) is 22.4 Å². The largest absolute Gasteiger partial charge is 0.298 e. The summed E-state index contributed by atoms with van der Waals surface area (Å²) >= 11 is 0. The highest BCUT2D eigenvalue weighted by Crippen LogP contribution is 2.36. The van der Waals surface area contributed by atoms with Gasteiger partial charge < -0.3 is 0 Å². The lowest BCUT2D eigenvalue weighted by Gasteiger charge is -2.19. The summed E-state index contributed by atoms with van der Waals surface area (Å²) in [6, 6.07) is 18.1. The molecule has 0 amide bonds. The van der Waals surface area contributed by atoms with Gasteiger partial charge in [-0.15, -0.1) is 0 Å². The van der Waals surface area contributed by atoms with E-state index in [-0.39, 0.29) is 11.7 Å². The van der Waals surface area contributed by atoms with Crippen molar-refractivity contribution in [2.75, 3.05) is 0 Å². The van der Waals surface area contributed by atoms with Crippen molar-refractivity contribution in [2.24, 2.45) is 0 Å². The Kier molecular flexibility index (Phi) is 5.08. The molecule has 0 aliphatic heterocycles. The van der Waals surface area contributed by atoms with Crippen molar-refractivity contribution in [1.82, 2.24) is 4.98 Å². The van der Waals surface area contributed by atoms with E-state index >= 15 is 0 Å². The van der Waals surface area contributed by atoms with Crippen LogP contribution in [0.4, 0.5) is 4.39 Å². The highest BCUT2D eigenvalue weighted by atomic mass is 19.1. The van der Waals surface area contributed by atoms with Crippen molar-refractivity contribution in [3.63, 3.8) is 0 Å². The molecule has 0 unspecified atom stereocenters. The van der Waals surface area contributed by atoms with Crippen LogP contribution in [0.15, 0.2) is 67.2 Å². The summed E-state index contributed by atoms with van der Waals surface area (Å²) in [6.45, 7) is 7.98. The lowest BCUT2D eigenvalue weighted by molar-refractivity contribution is -0.103. The third kappa shape index (κ3) is 3.47. The number of carbonyl (C=O) groups excluding carboxylic acids is 1. The van der Waals surface area contributed by atoms with Crippen LogP contribution in [0.1, 0.15) is 31.0 Å². The molecule has 0 radical (unpaired) electrons. The Bertz CT molecular complexity index is 944. The fourth-order valence-corrected chi connectivity index (χ4v) is 2.99. The minimum absolute atomic E-state index is 0.101. The SMILES string of the molecule is C=C(C=O)c1c(-c2ccc(F)cc2)cc(-c2ccccc2)nc1C(C)C. The van der Waals surface area contributed by atoms with Crippen LogP contribution in [0, 0.1) is 5.82 Å². The van der Waals surface area contributed by atoms with E-state index in [2.05, 4.69) is 6.58 Å². The number of hydrogen-bond donors (Lipinski definition) is 0. The van der Waals surface area contributed by atoms with Crippen molar-refractivity contribution in [2.45, 2.75) is 19.8 Å². The number of aromatic nitrogens is 1. The van der Waals surface area contributed by atoms with E-state index < -0.39 is 0 Å². The van der Waals surface area contributed by atoms with Crippen molar-refractivity contribution >= 4 is 11.9 Å². The van der Waals surface area contributed by atoms with Crippen LogP contribution in [0.3, 0.4) is 0 Å². The first-order valence-electron chi connectivity index (χ1n) is 8.52. The number of halogens is 1. The molecule has 0 aliphatic carbocycles. The predicted octanol–water partition coefficient (Wildman–Crippen LogP) is 5.89. The van der Waals surface area contributed by atoms with Crippen LogP contribution in [0.2, 0.25) is 0 Å². The molecule has 0 saturated carbocycles. The Morgan fingerprint density at radius 2 is 1.69 bits per heavy atom. The molecule has 0 N–H and O–H groups in total. The fourth-order valence-electron chi connectivity index (χ4n) is 2.99. The average Bonchev–Trinajstić information content (AvgIpc) is 2.67. The van der Waals surface area contributed by atoms with E-state index in [1.165, 1.54) is 12.1 Å². The lowest BCUT2D eigenvalue weighted by Crippen LogP contribution is -2.04. The van der Waals surface area contributed by atoms with E-state index in [4.69, 9.17) is 4.98 Å². The van der Waals surface area contributed by atoms with Gasteiger partial charge in [0.2, 0.25) is 0 Å². The molecule has 1 heterocycles. The second-order valence-corrected chi connectivity index (χ2v) is 6.49. The highest BCUT2D eigenvalue weighted by Gasteiger charge is 2.19. The molecule has 0 atom stereocenters. The molecule has 0 spiro atoms. The third-order valence-corrected chi connectivity index (χ3v) is 4.28. The molecule has 0 aliphatic rings. The number of pyridine rings is 1. The molecule has 3 rings (SSSR count). The van der Waals surface area contributed by atoms with Gasteiger partial charge in [0.1, 0.15) is 12.1 Å². The van der Waals surface area contributed by atoms with Crippen LogP contribution < -0.4 is 0 Å². The average molecular weight is 345 g/mol. The second-order valence-electron chi connectivity index (χ2n) is 6.49. The van der Waals surface area contributed by atoms with Gasteiger partial charge >= 0.3 is 0 Å². The van der Waals surface area contributed by atoms with Crippen LogP contribution in [-0.4, -0.2) is 11.3 Å². The number of nitrogens with zero attached hydrogens (tertiary/aromatic N) is 1. The van der Waals surface area contributed by atoms with Gasteiger partial charge in [-0.1, -0.05) is 62.9 Å². The number of allylic oxidation sites excluding steroid dienone is 1. The zero-order valence-corrected chi connectivity index (χ0v) is 14.9. The van der Waals surface area contributed by atoms with Gasteiger partial charge in [0.05, 0.1) is 11.4 Å². The third-order valence-electron chi connectivity index (χ3n) is 4.28. The van der Waals surface area contributed by atoms with Gasteiger partial charge in [-0.2, -0.15) is 0 Å². The van der Waals surface area contributed by atoms with Gasteiger partial charge in [-0.05, 0) is 35.2 Å². The molecule has 0 bridgehead atoms. The summed E-state index contributed by atoms with van der Waals surface area (Å²) in [5, 5.41) is 0. The molecule has 2 aromatic carbocycles. The van der Waals surface area contributed by atoms with Gasteiger partial charge in [0.25, 0.3) is 0 Å². The first-order valence-corrected chi connectivity index (χ1v) is 8.52. The van der Waals surface area contributed by atoms with Crippen LogP contribution in [0.25, 0.3) is 28.0 Å². The molecule has 0 fully saturated rings. The van der Waals surface area contributed by atoms with Crippen LogP contribution in [0.5, 0.6) is 0 Å². The summed E-state index contributed by atoms with van der Waals surface area (Å²) in [6.07, 6.45) is 0.748. The fraction of sp³-hybridized carbons (Fsp3) is 0.130. The second kappa shape index (κ2) is 7.44. The molecular formula is C23H20FNO. The Labute approximate surface area is 153 Å². The molecular weight excluding hydrogens is 325 g/mol. The minimum atomic E-state index is -0.300. The first-order chi connectivity index (χ1) is 12.5. The molecule has 130 valence electrons. The summed E-state index contributed by atoms with van der Waals surface area (Å²) in [4.78, 5) is 16.3. The van der Waals surface area contributed by atoms with Crippen LogP contribution >= 0.6 is 0 Å². The van der Waals surface area contributed by atoms with Crippen LogP contribution in [-0.2, 0) is 4.79 Å². The van der Waals surface area contributed by atoms with E-state index in [0.29, 0.717) is 5.57 Å². The first kappa shape index (κ1) is 17.7. The zero-order valence-electron chi connectivity index (χ0n) is 14.9. The summed E-state index contributed by atoms with van der Waals surface area (Å²) in [5.41, 5.74) is 5.37. The monoisotopic (exact) mass is 345 g/mol. The molecule has 26 heavy (non-hydrogen) atoms. The highest BCUT2D eigenvalue weighted by molar-refractivity contribution is 6.09. The molecule has 2 nitrogen and oxygen atoms in total. The van der Waals surface area contributed by atoms with E-state index in [1.807, 2.05) is 50.2 Å². The maximum absolute atomic E-state index is 13.4. The van der Waals surface area contributed by atoms with E-state index in [0.717, 1.165) is 39.9 Å². The Morgan fingerprint density at radius 1 is 1.04 bits per heavy atom. The van der Waals surface area contributed by atoms with E-state index in [1.54, 1.807) is 12.1 Å². The Hall–Kier alpha value is -3.07.